The maximum atomic E-state index is 12.9. The third kappa shape index (κ3) is 5.14. The summed E-state index contributed by atoms with van der Waals surface area (Å²) in [6.07, 6.45) is 1.70. The maximum Gasteiger partial charge on any atom is 0.262 e. The van der Waals surface area contributed by atoms with E-state index in [0.717, 1.165) is 12.8 Å². The summed E-state index contributed by atoms with van der Waals surface area (Å²) in [6.45, 7) is 2.68. The molecule has 0 unspecified atom stereocenters. The minimum atomic E-state index is -3.90. The van der Waals surface area contributed by atoms with Crippen LogP contribution >= 0.6 is 0 Å². The SMILES string of the molecule is Cc1ccc(C(=O)Nc2ccc(S(=O)(=O)N3CCCC3)cc2)cc1S(=O)(=O)Nc1ccccc1. The van der Waals surface area contributed by atoms with Gasteiger partial charge in [-0.25, -0.2) is 16.8 Å². The molecule has 10 heteroatoms. The number of carbonyl (C=O) groups excluding carboxylic acids is 1. The molecule has 0 bridgehead atoms. The van der Waals surface area contributed by atoms with E-state index >= 15 is 0 Å². The van der Waals surface area contributed by atoms with Crippen LogP contribution in [0.25, 0.3) is 0 Å². The highest BCUT2D eigenvalue weighted by Gasteiger charge is 2.27. The number of carbonyl (C=O) groups is 1. The highest BCUT2D eigenvalue weighted by Crippen LogP contribution is 2.24. The first-order valence-electron chi connectivity index (χ1n) is 10.8. The van der Waals surface area contributed by atoms with Crippen LogP contribution in [0.1, 0.15) is 28.8 Å². The van der Waals surface area contributed by atoms with Crippen LogP contribution in [-0.2, 0) is 20.0 Å². The molecule has 1 saturated heterocycles. The van der Waals surface area contributed by atoms with Gasteiger partial charge in [-0.05, 0) is 73.9 Å². The van der Waals surface area contributed by atoms with E-state index < -0.39 is 26.0 Å². The minimum Gasteiger partial charge on any atom is -0.322 e. The van der Waals surface area contributed by atoms with Gasteiger partial charge in [-0.15, -0.1) is 0 Å². The standard InChI is InChI=1S/C24H25N3O5S2/c1-18-9-10-19(17-23(18)33(29,30)26-21-7-3-2-4-8-21)24(28)25-20-11-13-22(14-12-20)34(31,32)27-15-5-6-16-27/h2-4,7-14,17,26H,5-6,15-16H2,1H3,(H,25,28). The Morgan fingerprint density at radius 1 is 0.824 bits per heavy atom. The van der Waals surface area contributed by atoms with Crippen LogP contribution < -0.4 is 10.0 Å². The van der Waals surface area contributed by atoms with E-state index in [0.29, 0.717) is 30.0 Å². The van der Waals surface area contributed by atoms with Crippen molar-refractivity contribution < 1.29 is 21.6 Å². The van der Waals surface area contributed by atoms with Gasteiger partial charge in [-0.2, -0.15) is 4.31 Å². The third-order valence-electron chi connectivity index (χ3n) is 5.58. The number of rotatable bonds is 7. The summed E-state index contributed by atoms with van der Waals surface area (Å²) in [5.41, 5.74) is 1.47. The van der Waals surface area contributed by atoms with Crippen LogP contribution in [0.2, 0.25) is 0 Å². The van der Waals surface area contributed by atoms with E-state index in [1.54, 1.807) is 49.4 Å². The van der Waals surface area contributed by atoms with Gasteiger partial charge >= 0.3 is 0 Å². The molecule has 1 aliphatic rings. The first-order chi connectivity index (χ1) is 16.2. The molecule has 34 heavy (non-hydrogen) atoms. The molecular weight excluding hydrogens is 474 g/mol. The molecule has 2 N–H and O–H groups in total. The quantitative estimate of drug-likeness (QED) is 0.513. The number of hydrogen-bond donors (Lipinski definition) is 2. The van der Waals surface area contributed by atoms with E-state index in [2.05, 4.69) is 10.0 Å². The molecule has 0 atom stereocenters. The van der Waals surface area contributed by atoms with Crippen molar-refractivity contribution in [2.75, 3.05) is 23.1 Å². The zero-order valence-electron chi connectivity index (χ0n) is 18.6. The predicted octanol–water partition coefficient (Wildman–Crippen LogP) is 3.83. The van der Waals surface area contributed by atoms with Gasteiger partial charge in [0.25, 0.3) is 15.9 Å². The fourth-order valence-corrected chi connectivity index (χ4v) is 6.59. The van der Waals surface area contributed by atoms with Crippen LogP contribution in [-0.4, -0.2) is 40.1 Å². The highest BCUT2D eigenvalue weighted by atomic mass is 32.2. The highest BCUT2D eigenvalue weighted by molar-refractivity contribution is 7.92. The summed E-state index contributed by atoms with van der Waals surface area (Å²) in [6, 6.07) is 18.9. The van der Waals surface area contributed by atoms with Crippen molar-refractivity contribution >= 4 is 37.3 Å². The number of aryl methyl sites for hydroxylation is 1. The molecule has 8 nitrogen and oxygen atoms in total. The Bertz CT molecular complexity index is 1400. The number of amides is 1. The second-order valence-corrected chi connectivity index (χ2v) is 11.6. The molecule has 1 aliphatic heterocycles. The lowest BCUT2D eigenvalue weighted by molar-refractivity contribution is 0.102. The van der Waals surface area contributed by atoms with Crippen LogP contribution in [0.4, 0.5) is 11.4 Å². The first kappa shape index (κ1) is 23.9. The van der Waals surface area contributed by atoms with Crippen molar-refractivity contribution in [1.29, 1.82) is 0 Å². The number of benzene rings is 3. The van der Waals surface area contributed by atoms with Gasteiger partial charge in [-0.3, -0.25) is 9.52 Å². The lowest BCUT2D eigenvalue weighted by Crippen LogP contribution is -2.27. The zero-order chi connectivity index (χ0) is 24.3. The van der Waals surface area contributed by atoms with E-state index in [1.807, 2.05) is 0 Å². The molecule has 3 aromatic carbocycles. The Morgan fingerprint density at radius 3 is 2.12 bits per heavy atom. The Labute approximate surface area is 199 Å². The Balaban J connectivity index is 1.51. The van der Waals surface area contributed by atoms with Crippen LogP contribution in [0.15, 0.2) is 82.6 Å². The van der Waals surface area contributed by atoms with E-state index in [1.165, 1.54) is 34.6 Å². The number of sulfonamides is 2. The van der Waals surface area contributed by atoms with Crippen LogP contribution in [0, 0.1) is 6.92 Å². The average Bonchev–Trinajstić information content (AvgIpc) is 3.36. The minimum absolute atomic E-state index is 0.00365. The van der Waals surface area contributed by atoms with Gasteiger partial charge in [0, 0.05) is 30.0 Å². The third-order valence-corrected chi connectivity index (χ3v) is 9.02. The Hall–Kier alpha value is -3.21. The van der Waals surface area contributed by atoms with Crippen LogP contribution in [0.3, 0.4) is 0 Å². The topological polar surface area (TPSA) is 113 Å². The van der Waals surface area contributed by atoms with Crippen LogP contribution in [0.5, 0.6) is 0 Å². The molecule has 0 radical (unpaired) electrons. The van der Waals surface area contributed by atoms with Crippen molar-refractivity contribution in [1.82, 2.24) is 4.31 Å². The van der Waals surface area contributed by atoms with E-state index in [4.69, 9.17) is 0 Å². The number of para-hydroxylation sites is 1. The van der Waals surface area contributed by atoms with Crippen molar-refractivity contribution in [3.8, 4) is 0 Å². The fourth-order valence-electron chi connectivity index (χ4n) is 3.74. The molecule has 0 aliphatic carbocycles. The van der Waals surface area contributed by atoms with Crippen molar-refractivity contribution in [2.45, 2.75) is 29.6 Å². The fraction of sp³-hybridized carbons (Fsp3) is 0.208. The molecule has 178 valence electrons. The second kappa shape index (κ2) is 9.57. The predicted molar refractivity (Wildman–Crippen MR) is 131 cm³/mol. The molecule has 4 rings (SSSR count). The van der Waals surface area contributed by atoms with E-state index in [9.17, 15) is 21.6 Å². The Morgan fingerprint density at radius 2 is 1.47 bits per heavy atom. The number of nitrogens with zero attached hydrogens (tertiary/aromatic N) is 1. The van der Waals surface area contributed by atoms with Crippen molar-refractivity contribution in [2.24, 2.45) is 0 Å². The lowest BCUT2D eigenvalue weighted by atomic mass is 10.1. The Kier molecular flexibility index (Phi) is 6.74. The van der Waals surface area contributed by atoms with Gasteiger partial charge in [-0.1, -0.05) is 24.3 Å². The largest absolute Gasteiger partial charge is 0.322 e. The lowest BCUT2D eigenvalue weighted by Gasteiger charge is -2.16. The second-order valence-electron chi connectivity index (χ2n) is 8.04. The summed E-state index contributed by atoms with van der Waals surface area (Å²) in [4.78, 5) is 13.0. The zero-order valence-corrected chi connectivity index (χ0v) is 20.2. The molecule has 0 spiro atoms. The molecule has 0 aromatic heterocycles. The molecule has 1 heterocycles. The van der Waals surface area contributed by atoms with Gasteiger partial charge in [0.1, 0.15) is 0 Å². The molecule has 1 amide bonds. The average molecular weight is 500 g/mol. The number of anilines is 2. The van der Waals surface area contributed by atoms with Gasteiger partial charge in [0.05, 0.1) is 9.79 Å². The summed E-state index contributed by atoms with van der Waals surface area (Å²) >= 11 is 0. The maximum absolute atomic E-state index is 12.9. The number of hydrogen-bond acceptors (Lipinski definition) is 5. The van der Waals surface area contributed by atoms with Gasteiger partial charge < -0.3 is 5.32 Å². The van der Waals surface area contributed by atoms with Gasteiger partial charge in [0.15, 0.2) is 0 Å². The smallest absolute Gasteiger partial charge is 0.262 e. The number of nitrogens with one attached hydrogen (secondary N) is 2. The molecule has 1 fully saturated rings. The first-order valence-corrected chi connectivity index (χ1v) is 13.7. The van der Waals surface area contributed by atoms with Crippen molar-refractivity contribution in [3.63, 3.8) is 0 Å². The summed E-state index contributed by atoms with van der Waals surface area (Å²) < 4.78 is 55.1. The monoisotopic (exact) mass is 499 g/mol. The van der Waals surface area contributed by atoms with Gasteiger partial charge in [0.2, 0.25) is 10.0 Å². The normalized spacial score (nSPS) is 14.6. The van der Waals surface area contributed by atoms with Crippen molar-refractivity contribution in [3.05, 3.63) is 83.9 Å². The molecular formula is C24H25N3O5S2. The molecule has 0 saturated carbocycles. The van der Waals surface area contributed by atoms with E-state index in [-0.39, 0.29) is 15.4 Å². The summed E-state index contributed by atoms with van der Waals surface area (Å²) in [5.74, 6) is -0.508. The summed E-state index contributed by atoms with van der Waals surface area (Å²) in [5, 5.41) is 2.69. The summed E-state index contributed by atoms with van der Waals surface area (Å²) in [7, 11) is -7.45. The molecule has 3 aromatic rings.